The molecule has 0 aliphatic carbocycles. The maximum absolute atomic E-state index is 5.65. The summed E-state index contributed by atoms with van der Waals surface area (Å²) in [5.74, 6) is 0. The van der Waals surface area contributed by atoms with Crippen LogP contribution in [0.2, 0.25) is 0 Å². The van der Waals surface area contributed by atoms with Crippen LogP contribution in [0, 0.1) is 0 Å². The van der Waals surface area contributed by atoms with Gasteiger partial charge in [0.25, 0.3) is 0 Å². The van der Waals surface area contributed by atoms with E-state index in [1.54, 1.807) is 0 Å². The SMILES string of the molecule is CN1C(C)(C)CC(N(CCCNCCCN)C2CC(C)(C)N(C)C(C)(C)C2)CC1(C)C. The molecule has 2 saturated heterocycles. The Morgan fingerprint density at radius 2 is 1.06 bits per heavy atom. The first-order chi connectivity index (χ1) is 14.1. The van der Waals surface area contributed by atoms with E-state index in [9.17, 15) is 0 Å². The van der Waals surface area contributed by atoms with Crippen LogP contribution in [0.5, 0.6) is 0 Å². The molecule has 3 N–H and O–H groups in total. The van der Waals surface area contributed by atoms with Crippen molar-refractivity contribution in [1.29, 1.82) is 0 Å². The average molecular weight is 438 g/mol. The molecule has 0 aromatic carbocycles. The summed E-state index contributed by atoms with van der Waals surface area (Å²) in [6, 6.07) is 1.29. The molecule has 0 radical (unpaired) electrons. The lowest BCUT2D eigenvalue weighted by molar-refractivity contribution is -0.0917. The van der Waals surface area contributed by atoms with E-state index >= 15 is 0 Å². The molecule has 0 aromatic heterocycles. The van der Waals surface area contributed by atoms with Gasteiger partial charge in [0.05, 0.1) is 0 Å². The number of nitrogens with zero attached hydrogens (tertiary/aromatic N) is 3. The third kappa shape index (κ3) is 6.44. The third-order valence-electron chi connectivity index (χ3n) is 8.84. The van der Waals surface area contributed by atoms with Crippen LogP contribution < -0.4 is 11.1 Å². The van der Waals surface area contributed by atoms with E-state index in [0.717, 1.165) is 26.1 Å². The van der Waals surface area contributed by atoms with Crippen molar-refractivity contribution in [3.63, 3.8) is 0 Å². The predicted octanol–water partition coefficient (Wildman–Crippen LogP) is 3.92. The summed E-state index contributed by atoms with van der Waals surface area (Å²) in [5.41, 5.74) is 6.55. The van der Waals surface area contributed by atoms with Crippen molar-refractivity contribution < 1.29 is 0 Å². The highest BCUT2D eigenvalue weighted by molar-refractivity contribution is 5.06. The Hall–Kier alpha value is -0.200. The maximum Gasteiger partial charge on any atom is 0.0170 e. The molecule has 0 unspecified atom stereocenters. The van der Waals surface area contributed by atoms with Gasteiger partial charge in [-0.15, -0.1) is 0 Å². The van der Waals surface area contributed by atoms with E-state index in [-0.39, 0.29) is 22.2 Å². The second-order valence-corrected chi connectivity index (χ2v) is 13.0. The first-order valence-corrected chi connectivity index (χ1v) is 12.8. The molecule has 2 rings (SSSR count). The molecule has 5 heteroatoms. The van der Waals surface area contributed by atoms with Gasteiger partial charge in [-0.05, 0) is 134 Å². The number of hydrogen-bond acceptors (Lipinski definition) is 5. The number of rotatable bonds is 9. The van der Waals surface area contributed by atoms with Gasteiger partial charge < -0.3 is 11.1 Å². The largest absolute Gasteiger partial charge is 0.330 e. The van der Waals surface area contributed by atoms with Gasteiger partial charge in [-0.2, -0.15) is 0 Å². The van der Waals surface area contributed by atoms with Crippen LogP contribution >= 0.6 is 0 Å². The molecule has 0 saturated carbocycles. The van der Waals surface area contributed by atoms with Crippen LogP contribution in [0.25, 0.3) is 0 Å². The monoisotopic (exact) mass is 437 g/mol. The van der Waals surface area contributed by atoms with Crippen LogP contribution in [0.3, 0.4) is 0 Å². The second kappa shape index (κ2) is 9.97. The number of piperidine rings is 2. The molecular weight excluding hydrogens is 382 g/mol. The number of hydrogen-bond donors (Lipinski definition) is 2. The zero-order chi connectivity index (χ0) is 23.7. The fraction of sp³-hybridized carbons (Fsp3) is 1.00. The van der Waals surface area contributed by atoms with Crippen LogP contribution in [0.1, 0.15) is 93.9 Å². The lowest BCUT2D eigenvalue weighted by Crippen LogP contribution is -2.67. The van der Waals surface area contributed by atoms with Crippen molar-refractivity contribution in [1.82, 2.24) is 20.0 Å². The highest BCUT2D eigenvalue weighted by Crippen LogP contribution is 2.44. The normalized spacial score (nSPS) is 27.1. The maximum atomic E-state index is 5.65. The molecule has 2 aliphatic heterocycles. The molecule has 2 fully saturated rings. The van der Waals surface area contributed by atoms with Crippen LogP contribution in [-0.4, -0.2) is 89.2 Å². The number of nitrogens with one attached hydrogen (secondary N) is 1. The van der Waals surface area contributed by atoms with Gasteiger partial charge in [-0.25, -0.2) is 0 Å². The highest BCUT2D eigenvalue weighted by atomic mass is 15.3. The van der Waals surface area contributed by atoms with E-state index in [0.29, 0.717) is 12.1 Å². The standard InChI is InChI=1S/C26H55N5/c1-23(2)17-21(18-24(3,4)29(23)9)31(16-12-15-28-14-11-13-27)22-19-25(5,6)30(10)26(7,8)20-22/h21-22,28H,11-20,27H2,1-10H3. The Bertz CT molecular complexity index is 490. The van der Waals surface area contributed by atoms with E-state index in [2.05, 4.69) is 89.5 Å². The molecule has 0 atom stereocenters. The summed E-state index contributed by atoms with van der Waals surface area (Å²) in [5, 5.41) is 3.60. The summed E-state index contributed by atoms with van der Waals surface area (Å²) in [7, 11) is 4.65. The van der Waals surface area contributed by atoms with Gasteiger partial charge >= 0.3 is 0 Å². The van der Waals surface area contributed by atoms with Crippen molar-refractivity contribution in [3.8, 4) is 0 Å². The summed E-state index contributed by atoms with van der Waals surface area (Å²) >= 11 is 0. The molecule has 5 nitrogen and oxygen atoms in total. The number of likely N-dealkylation sites (tertiary alicyclic amines) is 2. The lowest BCUT2D eigenvalue weighted by atomic mass is 9.73. The summed E-state index contributed by atoms with van der Waals surface area (Å²) in [6.07, 6.45) is 7.28. The molecule has 0 amide bonds. The Morgan fingerprint density at radius 1 is 0.710 bits per heavy atom. The quantitative estimate of drug-likeness (QED) is 0.535. The molecule has 2 aliphatic rings. The molecule has 184 valence electrons. The fourth-order valence-electron chi connectivity index (χ4n) is 6.51. The Kier molecular flexibility index (Phi) is 8.70. The minimum absolute atomic E-state index is 0.223. The van der Waals surface area contributed by atoms with Crippen molar-refractivity contribution in [2.45, 2.75) is 128 Å². The van der Waals surface area contributed by atoms with Crippen molar-refractivity contribution in [2.24, 2.45) is 5.73 Å². The van der Waals surface area contributed by atoms with Crippen molar-refractivity contribution in [3.05, 3.63) is 0 Å². The first-order valence-electron chi connectivity index (χ1n) is 12.8. The Labute approximate surface area is 194 Å². The van der Waals surface area contributed by atoms with Crippen LogP contribution in [0.4, 0.5) is 0 Å². The molecule has 0 aromatic rings. The summed E-state index contributed by atoms with van der Waals surface area (Å²) in [6.45, 7) is 23.6. The Morgan fingerprint density at radius 3 is 1.42 bits per heavy atom. The van der Waals surface area contributed by atoms with Gasteiger partial charge in [0.15, 0.2) is 0 Å². The van der Waals surface area contributed by atoms with Crippen LogP contribution in [-0.2, 0) is 0 Å². The predicted molar refractivity (Wildman–Crippen MR) is 136 cm³/mol. The first kappa shape index (κ1) is 27.0. The van der Waals surface area contributed by atoms with Crippen LogP contribution in [0.15, 0.2) is 0 Å². The number of nitrogens with two attached hydrogens (primary N) is 1. The topological polar surface area (TPSA) is 47.8 Å². The van der Waals surface area contributed by atoms with E-state index in [1.807, 2.05) is 0 Å². The minimum Gasteiger partial charge on any atom is -0.330 e. The van der Waals surface area contributed by atoms with Gasteiger partial charge in [0.2, 0.25) is 0 Å². The van der Waals surface area contributed by atoms with Crippen molar-refractivity contribution in [2.75, 3.05) is 40.3 Å². The highest BCUT2D eigenvalue weighted by Gasteiger charge is 2.49. The summed E-state index contributed by atoms with van der Waals surface area (Å²) in [4.78, 5) is 8.18. The fourth-order valence-corrected chi connectivity index (χ4v) is 6.51. The van der Waals surface area contributed by atoms with Gasteiger partial charge in [0, 0.05) is 34.2 Å². The van der Waals surface area contributed by atoms with Gasteiger partial charge in [0.1, 0.15) is 0 Å². The molecule has 2 heterocycles. The molecule has 31 heavy (non-hydrogen) atoms. The zero-order valence-corrected chi connectivity index (χ0v) is 22.6. The summed E-state index contributed by atoms with van der Waals surface area (Å²) < 4.78 is 0. The minimum atomic E-state index is 0.223. The molecular formula is C26H55N5. The molecule has 0 spiro atoms. The van der Waals surface area contributed by atoms with E-state index < -0.39 is 0 Å². The van der Waals surface area contributed by atoms with E-state index in [1.165, 1.54) is 38.6 Å². The lowest BCUT2D eigenvalue weighted by Gasteiger charge is -2.60. The van der Waals surface area contributed by atoms with Gasteiger partial charge in [-0.1, -0.05) is 0 Å². The van der Waals surface area contributed by atoms with Crippen molar-refractivity contribution >= 4 is 0 Å². The van der Waals surface area contributed by atoms with E-state index in [4.69, 9.17) is 5.73 Å². The Balaban J connectivity index is 2.22. The average Bonchev–Trinajstić information content (AvgIpc) is 2.62. The zero-order valence-electron chi connectivity index (χ0n) is 22.6. The van der Waals surface area contributed by atoms with Gasteiger partial charge in [-0.3, -0.25) is 14.7 Å². The molecule has 0 bridgehead atoms. The second-order valence-electron chi connectivity index (χ2n) is 13.0. The smallest absolute Gasteiger partial charge is 0.0170 e. The third-order valence-corrected chi connectivity index (χ3v) is 8.84.